The lowest BCUT2D eigenvalue weighted by atomic mass is 10.2. The lowest BCUT2D eigenvalue weighted by molar-refractivity contribution is 0.0953. The van der Waals surface area contributed by atoms with Crippen molar-refractivity contribution in [2.45, 2.75) is 6.42 Å². The Balaban J connectivity index is 1.89. The maximum Gasteiger partial charge on any atom is 0.251 e. The van der Waals surface area contributed by atoms with E-state index in [1.165, 1.54) is 17.0 Å². The molecule has 0 spiro atoms. The first-order chi connectivity index (χ1) is 9.06. The fourth-order valence-electron chi connectivity index (χ4n) is 1.52. The number of hydrogen-bond donors (Lipinski definition) is 1. The zero-order chi connectivity index (χ0) is 13.8. The maximum absolute atomic E-state index is 13.3. The van der Waals surface area contributed by atoms with E-state index in [-0.39, 0.29) is 5.91 Å². The smallest absolute Gasteiger partial charge is 0.251 e. The summed E-state index contributed by atoms with van der Waals surface area (Å²) in [5.74, 6) is -0.697. The van der Waals surface area contributed by atoms with Crippen LogP contribution in [0.1, 0.15) is 15.2 Å². The van der Waals surface area contributed by atoms with Gasteiger partial charge >= 0.3 is 0 Å². The van der Waals surface area contributed by atoms with Crippen molar-refractivity contribution in [3.63, 3.8) is 0 Å². The molecule has 2 aromatic rings. The Bertz CT molecular complexity index is 600. The third-order valence-electron chi connectivity index (χ3n) is 2.47. The number of amides is 1. The molecule has 0 aliphatic rings. The van der Waals surface area contributed by atoms with Crippen molar-refractivity contribution in [1.82, 2.24) is 5.32 Å². The number of halogens is 3. The molecule has 100 valence electrons. The Labute approximate surface area is 131 Å². The number of carbonyl (C=O) groups is 1. The highest BCUT2D eigenvalue weighted by Gasteiger charge is 2.08. The van der Waals surface area contributed by atoms with Crippen LogP contribution in [0, 0.1) is 5.82 Å². The van der Waals surface area contributed by atoms with Gasteiger partial charge in [0, 0.05) is 17.0 Å². The van der Waals surface area contributed by atoms with E-state index in [4.69, 9.17) is 0 Å². The van der Waals surface area contributed by atoms with E-state index in [9.17, 15) is 9.18 Å². The van der Waals surface area contributed by atoms with Crippen LogP contribution >= 0.6 is 43.2 Å². The summed E-state index contributed by atoms with van der Waals surface area (Å²) in [5, 5.41) is 2.77. The molecule has 1 N–H and O–H groups in total. The highest BCUT2D eigenvalue weighted by atomic mass is 79.9. The van der Waals surface area contributed by atoms with Crippen molar-refractivity contribution in [3.8, 4) is 0 Å². The number of nitrogens with one attached hydrogen (secondary N) is 1. The van der Waals surface area contributed by atoms with Crippen LogP contribution in [0.25, 0.3) is 0 Å². The van der Waals surface area contributed by atoms with Gasteiger partial charge in [0.05, 0.1) is 8.26 Å². The van der Waals surface area contributed by atoms with E-state index < -0.39 is 5.82 Å². The molecule has 19 heavy (non-hydrogen) atoms. The third-order valence-corrected chi connectivity index (χ3v) is 4.79. The summed E-state index contributed by atoms with van der Waals surface area (Å²) in [6.07, 6.45) is 0.765. The number of thiophene rings is 1. The summed E-state index contributed by atoms with van der Waals surface area (Å²) in [7, 11) is 0. The highest BCUT2D eigenvalue weighted by molar-refractivity contribution is 9.11. The molecule has 0 saturated carbocycles. The van der Waals surface area contributed by atoms with Gasteiger partial charge < -0.3 is 5.32 Å². The van der Waals surface area contributed by atoms with E-state index in [0.717, 1.165) is 10.2 Å². The predicted octanol–water partition coefficient (Wildman–Crippen LogP) is 4.38. The van der Waals surface area contributed by atoms with E-state index in [1.54, 1.807) is 17.4 Å². The molecule has 2 nitrogen and oxygen atoms in total. The third kappa shape index (κ3) is 4.12. The molecule has 0 aliphatic carbocycles. The fraction of sp³-hybridized carbons (Fsp3) is 0.154. The lowest BCUT2D eigenvalue weighted by Crippen LogP contribution is -2.25. The molecular weight excluding hydrogens is 397 g/mol. The van der Waals surface area contributed by atoms with Gasteiger partial charge in [0.1, 0.15) is 5.82 Å². The van der Waals surface area contributed by atoms with Gasteiger partial charge in [-0.1, -0.05) is 0 Å². The molecule has 0 bridgehead atoms. The minimum absolute atomic E-state index is 0.262. The van der Waals surface area contributed by atoms with Crippen LogP contribution in [0.4, 0.5) is 4.39 Å². The van der Waals surface area contributed by atoms with Crippen LogP contribution in [0.15, 0.2) is 38.6 Å². The van der Waals surface area contributed by atoms with Crippen molar-refractivity contribution in [2.75, 3.05) is 6.54 Å². The molecule has 0 fully saturated rings. The molecular formula is C13H10Br2FNOS. The molecule has 2 rings (SSSR count). The lowest BCUT2D eigenvalue weighted by Gasteiger charge is -2.05. The second-order valence-corrected chi connectivity index (χ2v) is 7.24. The van der Waals surface area contributed by atoms with Crippen LogP contribution in [-0.4, -0.2) is 12.5 Å². The van der Waals surface area contributed by atoms with E-state index in [1.807, 2.05) is 12.1 Å². The normalized spacial score (nSPS) is 10.5. The molecule has 1 aromatic carbocycles. The van der Waals surface area contributed by atoms with E-state index in [0.29, 0.717) is 16.6 Å². The topological polar surface area (TPSA) is 29.1 Å². The van der Waals surface area contributed by atoms with Gasteiger partial charge in [0.2, 0.25) is 0 Å². The van der Waals surface area contributed by atoms with E-state index >= 15 is 0 Å². The van der Waals surface area contributed by atoms with Crippen molar-refractivity contribution >= 4 is 49.1 Å². The largest absolute Gasteiger partial charge is 0.352 e. The maximum atomic E-state index is 13.3. The van der Waals surface area contributed by atoms with Crippen LogP contribution in [-0.2, 0) is 6.42 Å². The van der Waals surface area contributed by atoms with Gasteiger partial charge in [-0.15, -0.1) is 11.3 Å². The second kappa shape index (κ2) is 6.63. The van der Waals surface area contributed by atoms with Gasteiger partial charge in [0.25, 0.3) is 5.91 Å². The minimum Gasteiger partial charge on any atom is -0.352 e. The Hall–Kier alpha value is -0.720. The second-order valence-electron chi connectivity index (χ2n) is 3.84. The summed E-state index contributed by atoms with van der Waals surface area (Å²) in [6, 6.07) is 8.33. The number of rotatable bonds is 4. The SMILES string of the molecule is O=C(NCCc1ccc(Br)s1)c1ccc(Br)c(F)c1. The molecule has 1 amide bonds. The Morgan fingerprint density at radius 1 is 1.26 bits per heavy atom. The molecule has 0 aliphatic heterocycles. The summed E-state index contributed by atoms with van der Waals surface area (Å²) in [4.78, 5) is 13.0. The molecule has 6 heteroatoms. The van der Waals surface area contributed by atoms with Crippen molar-refractivity contribution < 1.29 is 9.18 Å². The van der Waals surface area contributed by atoms with Gasteiger partial charge in [-0.2, -0.15) is 0 Å². The quantitative estimate of drug-likeness (QED) is 0.801. The van der Waals surface area contributed by atoms with Crippen molar-refractivity contribution in [3.05, 3.63) is 54.8 Å². The van der Waals surface area contributed by atoms with Crippen molar-refractivity contribution in [1.29, 1.82) is 0 Å². The number of hydrogen-bond acceptors (Lipinski definition) is 2. The highest BCUT2D eigenvalue weighted by Crippen LogP contribution is 2.22. The molecule has 0 unspecified atom stereocenters. The molecule has 1 aromatic heterocycles. The van der Waals surface area contributed by atoms with Crippen LogP contribution in [0.5, 0.6) is 0 Å². The first-order valence-corrected chi connectivity index (χ1v) is 7.94. The molecule has 0 saturated heterocycles. The first kappa shape index (κ1) is 14.7. The van der Waals surface area contributed by atoms with Gasteiger partial charge in [-0.05, 0) is 68.6 Å². The molecule has 1 heterocycles. The summed E-state index contributed by atoms with van der Waals surface area (Å²) < 4.78 is 14.7. The van der Waals surface area contributed by atoms with Crippen LogP contribution in [0.3, 0.4) is 0 Å². The van der Waals surface area contributed by atoms with Gasteiger partial charge in [-0.3, -0.25) is 4.79 Å². The summed E-state index contributed by atoms with van der Waals surface area (Å²) >= 11 is 8.08. The zero-order valence-electron chi connectivity index (χ0n) is 9.75. The molecule has 0 atom stereocenters. The summed E-state index contributed by atoms with van der Waals surface area (Å²) in [6.45, 7) is 0.531. The monoisotopic (exact) mass is 405 g/mol. The minimum atomic E-state index is -0.435. The predicted molar refractivity (Wildman–Crippen MR) is 82.2 cm³/mol. The summed E-state index contributed by atoms with van der Waals surface area (Å²) in [5.41, 5.74) is 0.327. The number of benzene rings is 1. The van der Waals surface area contributed by atoms with Crippen LogP contribution < -0.4 is 5.32 Å². The van der Waals surface area contributed by atoms with Gasteiger partial charge in [0.15, 0.2) is 0 Å². The first-order valence-electron chi connectivity index (χ1n) is 5.54. The number of carbonyl (C=O) groups excluding carboxylic acids is 1. The zero-order valence-corrected chi connectivity index (χ0v) is 13.7. The standard InChI is InChI=1S/C13H10Br2FNOS/c14-10-3-1-8(7-11(10)16)13(18)17-6-5-9-2-4-12(15)19-9/h1-4,7H,5-6H2,(H,17,18). The average molecular weight is 407 g/mol. The van der Waals surface area contributed by atoms with E-state index in [2.05, 4.69) is 37.2 Å². The molecule has 0 radical (unpaired) electrons. The Morgan fingerprint density at radius 3 is 2.68 bits per heavy atom. The van der Waals surface area contributed by atoms with Gasteiger partial charge in [-0.25, -0.2) is 4.39 Å². The Kier molecular flexibility index (Phi) is 5.13. The fourth-order valence-corrected chi connectivity index (χ4v) is 3.25. The average Bonchev–Trinajstić information content (AvgIpc) is 2.78. The van der Waals surface area contributed by atoms with Crippen LogP contribution in [0.2, 0.25) is 0 Å². The van der Waals surface area contributed by atoms with Crippen molar-refractivity contribution in [2.24, 2.45) is 0 Å². The Morgan fingerprint density at radius 2 is 2.05 bits per heavy atom.